The third-order valence-corrected chi connectivity index (χ3v) is 3.06. The van der Waals surface area contributed by atoms with E-state index in [0.717, 1.165) is 12.1 Å². The lowest BCUT2D eigenvalue weighted by Crippen LogP contribution is -2.17. The SMILES string of the molecule is O=C(C=NO)Nc1ccc(C(F)(F)F)cc1C(=O)c1ccccc1. The molecule has 124 valence electrons. The van der Waals surface area contributed by atoms with Crippen LogP contribution in [0.4, 0.5) is 18.9 Å². The number of nitrogens with zero attached hydrogens (tertiary/aromatic N) is 1. The van der Waals surface area contributed by atoms with Crippen molar-refractivity contribution in [1.82, 2.24) is 0 Å². The average molecular weight is 336 g/mol. The fourth-order valence-corrected chi connectivity index (χ4v) is 1.98. The molecule has 0 aliphatic rings. The fourth-order valence-electron chi connectivity index (χ4n) is 1.98. The number of oxime groups is 1. The number of hydrogen-bond acceptors (Lipinski definition) is 4. The summed E-state index contributed by atoms with van der Waals surface area (Å²) >= 11 is 0. The molecular weight excluding hydrogens is 325 g/mol. The number of ketones is 1. The Morgan fingerprint density at radius 3 is 2.33 bits per heavy atom. The molecule has 2 aromatic carbocycles. The van der Waals surface area contributed by atoms with Crippen LogP contribution >= 0.6 is 0 Å². The van der Waals surface area contributed by atoms with Gasteiger partial charge in [-0.1, -0.05) is 35.5 Å². The van der Waals surface area contributed by atoms with Crippen LogP contribution < -0.4 is 5.32 Å². The molecule has 0 aliphatic heterocycles. The van der Waals surface area contributed by atoms with E-state index < -0.39 is 23.4 Å². The van der Waals surface area contributed by atoms with Crippen molar-refractivity contribution in [1.29, 1.82) is 0 Å². The van der Waals surface area contributed by atoms with Gasteiger partial charge in [-0.3, -0.25) is 9.59 Å². The number of nitrogens with one attached hydrogen (secondary N) is 1. The molecule has 0 heterocycles. The van der Waals surface area contributed by atoms with E-state index in [1.807, 2.05) is 0 Å². The van der Waals surface area contributed by atoms with E-state index in [1.165, 1.54) is 12.1 Å². The second-order valence-electron chi connectivity index (χ2n) is 4.69. The zero-order valence-corrected chi connectivity index (χ0v) is 12.0. The number of halogens is 3. The first-order valence-corrected chi connectivity index (χ1v) is 6.62. The summed E-state index contributed by atoms with van der Waals surface area (Å²) < 4.78 is 38.7. The minimum Gasteiger partial charge on any atom is -0.411 e. The van der Waals surface area contributed by atoms with Gasteiger partial charge in [0.2, 0.25) is 0 Å². The van der Waals surface area contributed by atoms with E-state index in [0.29, 0.717) is 12.3 Å². The standard InChI is InChI=1S/C16H11F3N2O3/c17-16(18,19)11-6-7-13(21-14(22)9-20-24)12(8-11)15(23)10-4-2-1-3-5-10/h1-9,24H,(H,21,22). The molecule has 0 unspecified atom stereocenters. The second-order valence-corrected chi connectivity index (χ2v) is 4.69. The first kappa shape index (κ1) is 17.2. The lowest BCUT2D eigenvalue weighted by Gasteiger charge is -2.13. The van der Waals surface area contributed by atoms with Crippen molar-refractivity contribution >= 4 is 23.6 Å². The van der Waals surface area contributed by atoms with Gasteiger partial charge in [-0.2, -0.15) is 13.2 Å². The molecule has 2 N–H and O–H groups in total. The zero-order valence-electron chi connectivity index (χ0n) is 12.0. The maximum atomic E-state index is 12.9. The lowest BCUT2D eigenvalue weighted by atomic mass is 9.99. The number of anilines is 1. The Morgan fingerprint density at radius 2 is 1.75 bits per heavy atom. The van der Waals surface area contributed by atoms with Gasteiger partial charge >= 0.3 is 6.18 Å². The second kappa shape index (κ2) is 6.95. The van der Waals surface area contributed by atoms with E-state index in [2.05, 4.69) is 10.5 Å². The number of amides is 1. The molecule has 2 aromatic rings. The summed E-state index contributed by atoms with van der Waals surface area (Å²) in [6.45, 7) is 0. The molecule has 2 rings (SSSR count). The normalized spacial score (nSPS) is 11.5. The van der Waals surface area contributed by atoms with Crippen molar-refractivity contribution in [3.8, 4) is 0 Å². The molecule has 0 fully saturated rings. The Kier molecular flexibility index (Phi) is 4.98. The zero-order chi connectivity index (χ0) is 17.7. The molecule has 0 spiro atoms. The number of carbonyl (C=O) groups is 2. The summed E-state index contributed by atoms with van der Waals surface area (Å²) in [5, 5.41) is 13.0. The van der Waals surface area contributed by atoms with Gasteiger partial charge in [0.1, 0.15) is 6.21 Å². The van der Waals surface area contributed by atoms with E-state index in [4.69, 9.17) is 5.21 Å². The Balaban J connectivity index is 2.51. The highest BCUT2D eigenvalue weighted by Crippen LogP contribution is 2.32. The maximum absolute atomic E-state index is 12.9. The summed E-state index contributed by atoms with van der Waals surface area (Å²) in [5.74, 6) is -1.57. The molecule has 1 amide bonds. The summed E-state index contributed by atoms with van der Waals surface area (Å²) in [6.07, 6.45) is -4.12. The number of benzene rings is 2. The van der Waals surface area contributed by atoms with Crippen LogP contribution in [0, 0.1) is 0 Å². The Labute approximate surface area is 134 Å². The third-order valence-electron chi connectivity index (χ3n) is 3.06. The summed E-state index contributed by atoms with van der Waals surface area (Å²) in [6, 6.07) is 10.1. The van der Waals surface area contributed by atoms with Gasteiger partial charge in [0.15, 0.2) is 5.78 Å². The first-order chi connectivity index (χ1) is 11.3. The molecule has 0 radical (unpaired) electrons. The number of alkyl halides is 3. The highest BCUT2D eigenvalue weighted by Gasteiger charge is 2.32. The smallest absolute Gasteiger partial charge is 0.411 e. The predicted octanol–water partition coefficient (Wildman–Crippen LogP) is 3.33. The van der Waals surface area contributed by atoms with Gasteiger partial charge in [-0.05, 0) is 18.2 Å². The van der Waals surface area contributed by atoms with Crippen LogP contribution in [0.3, 0.4) is 0 Å². The number of rotatable bonds is 4. The van der Waals surface area contributed by atoms with E-state index >= 15 is 0 Å². The molecule has 0 aromatic heterocycles. The van der Waals surface area contributed by atoms with Gasteiger partial charge in [-0.15, -0.1) is 0 Å². The minimum absolute atomic E-state index is 0.123. The van der Waals surface area contributed by atoms with Gasteiger partial charge in [0.25, 0.3) is 5.91 Å². The van der Waals surface area contributed by atoms with Crippen molar-refractivity contribution in [2.75, 3.05) is 5.32 Å². The van der Waals surface area contributed by atoms with Gasteiger partial charge in [-0.25, -0.2) is 0 Å². The van der Waals surface area contributed by atoms with Crippen LogP contribution in [0.25, 0.3) is 0 Å². The van der Waals surface area contributed by atoms with Crippen LogP contribution in [0.1, 0.15) is 21.5 Å². The van der Waals surface area contributed by atoms with Gasteiger partial charge in [0, 0.05) is 11.1 Å². The molecular formula is C16H11F3N2O3. The number of hydrogen-bond donors (Lipinski definition) is 2. The monoisotopic (exact) mass is 336 g/mol. The van der Waals surface area contributed by atoms with Gasteiger partial charge in [0.05, 0.1) is 11.3 Å². The number of carbonyl (C=O) groups excluding carboxylic acids is 2. The van der Waals surface area contributed by atoms with Crippen LogP contribution in [0.2, 0.25) is 0 Å². The fraction of sp³-hybridized carbons (Fsp3) is 0.0625. The van der Waals surface area contributed by atoms with Crippen molar-refractivity contribution in [2.45, 2.75) is 6.18 Å². The van der Waals surface area contributed by atoms with E-state index in [1.54, 1.807) is 18.2 Å². The molecule has 0 saturated heterocycles. The van der Waals surface area contributed by atoms with Crippen LogP contribution in [0.5, 0.6) is 0 Å². The van der Waals surface area contributed by atoms with E-state index in [-0.39, 0.29) is 16.8 Å². The van der Waals surface area contributed by atoms with Crippen molar-refractivity contribution < 1.29 is 28.0 Å². The molecule has 0 bridgehead atoms. The minimum atomic E-state index is -4.64. The van der Waals surface area contributed by atoms with Crippen molar-refractivity contribution in [3.63, 3.8) is 0 Å². The van der Waals surface area contributed by atoms with Crippen molar-refractivity contribution in [3.05, 3.63) is 65.2 Å². The highest BCUT2D eigenvalue weighted by molar-refractivity contribution is 6.32. The molecule has 24 heavy (non-hydrogen) atoms. The van der Waals surface area contributed by atoms with Gasteiger partial charge < -0.3 is 10.5 Å². The topological polar surface area (TPSA) is 78.8 Å². The van der Waals surface area contributed by atoms with Crippen molar-refractivity contribution in [2.24, 2.45) is 5.16 Å². The van der Waals surface area contributed by atoms with Crippen LogP contribution in [0.15, 0.2) is 53.7 Å². The Hall–Kier alpha value is -3.16. The molecule has 0 aliphatic carbocycles. The summed E-state index contributed by atoms with van der Waals surface area (Å²) in [5.41, 5.74) is -1.30. The van der Waals surface area contributed by atoms with Crippen LogP contribution in [-0.2, 0) is 11.0 Å². The van der Waals surface area contributed by atoms with Crippen LogP contribution in [-0.4, -0.2) is 23.1 Å². The lowest BCUT2D eigenvalue weighted by molar-refractivity contribution is -0.137. The Morgan fingerprint density at radius 1 is 1.08 bits per heavy atom. The largest absolute Gasteiger partial charge is 0.416 e. The van der Waals surface area contributed by atoms with E-state index in [9.17, 15) is 22.8 Å². The molecule has 8 heteroatoms. The summed E-state index contributed by atoms with van der Waals surface area (Å²) in [4.78, 5) is 23.9. The quantitative estimate of drug-likeness (QED) is 0.389. The third kappa shape index (κ3) is 3.97. The summed E-state index contributed by atoms with van der Waals surface area (Å²) in [7, 11) is 0. The predicted molar refractivity (Wildman–Crippen MR) is 80.2 cm³/mol. The first-order valence-electron chi connectivity index (χ1n) is 6.62. The molecule has 5 nitrogen and oxygen atoms in total. The Bertz CT molecular complexity index is 787. The average Bonchev–Trinajstić information content (AvgIpc) is 2.54. The molecule has 0 saturated carbocycles. The maximum Gasteiger partial charge on any atom is 0.416 e. The molecule has 0 atom stereocenters. The highest BCUT2D eigenvalue weighted by atomic mass is 19.4.